The van der Waals surface area contributed by atoms with Gasteiger partial charge in [0.2, 0.25) is 5.95 Å². The molecule has 1 aromatic carbocycles. The normalized spacial score (nSPS) is 13.6. The quantitative estimate of drug-likeness (QED) is 0.907. The van der Waals surface area contributed by atoms with Crippen LogP contribution >= 0.6 is 15.9 Å². The molecule has 0 fully saturated rings. The lowest BCUT2D eigenvalue weighted by Gasteiger charge is -2.25. The molecule has 1 unspecified atom stereocenters. The molecular formula is C15H23BrN4. The van der Waals surface area contributed by atoms with E-state index in [0.717, 1.165) is 28.5 Å². The highest BCUT2D eigenvalue weighted by atomic mass is 79.9. The van der Waals surface area contributed by atoms with Crippen molar-refractivity contribution in [1.29, 1.82) is 0 Å². The van der Waals surface area contributed by atoms with E-state index in [9.17, 15) is 0 Å². The number of hydrogen-bond donors (Lipinski definition) is 1. The number of halogens is 1. The fourth-order valence-electron chi connectivity index (χ4n) is 2.70. The van der Waals surface area contributed by atoms with Crippen LogP contribution in [0.25, 0.3) is 11.0 Å². The topological polar surface area (TPSA) is 47.1 Å². The molecule has 0 aliphatic carbocycles. The van der Waals surface area contributed by atoms with Gasteiger partial charge in [-0.05, 0) is 44.6 Å². The number of hydrogen-bond acceptors (Lipinski definition) is 3. The predicted molar refractivity (Wildman–Crippen MR) is 88.9 cm³/mol. The van der Waals surface area contributed by atoms with Crippen LogP contribution in [0.5, 0.6) is 0 Å². The van der Waals surface area contributed by atoms with Crippen LogP contribution in [-0.2, 0) is 0 Å². The Hall–Kier alpha value is -1.07. The number of nitrogens with two attached hydrogens (primary N) is 1. The predicted octanol–water partition coefficient (Wildman–Crippen LogP) is 3.53. The van der Waals surface area contributed by atoms with Crippen molar-refractivity contribution in [1.82, 2.24) is 14.5 Å². The first-order valence-electron chi connectivity index (χ1n) is 6.96. The van der Waals surface area contributed by atoms with Crippen molar-refractivity contribution in [2.75, 3.05) is 26.4 Å². The molecule has 0 amide bonds. The Balaban J connectivity index is 2.48. The molecule has 0 saturated heterocycles. The number of fused-ring (bicyclic) bond motifs is 1. The lowest BCUT2D eigenvalue weighted by atomic mass is 10.0. The summed E-state index contributed by atoms with van der Waals surface area (Å²) in [6.45, 7) is 5.45. The monoisotopic (exact) mass is 338 g/mol. The van der Waals surface area contributed by atoms with Gasteiger partial charge in [0.25, 0.3) is 0 Å². The van der Waals surface area contributed by atoms with Crippen molar-refractivity contribution in [3.05, 3.63) is 22.7 Å². The molecule has 2 aromatic rings. The number of benzene rings is 1. The van der Waals surface area contributed by atoms with Crippen molar-refractivity contribution in [3.8, 4) is 0 Å². The van der Waals surface area contributed by atoms with Crippen molar-refractivity contribution >= 4 is 32.9 Å². The standard InChI is InChI=1S/C15H23BrN4/c1-10(2)7-12(9-19(3)4)20-14-6-5-11(16)8-13(14)18-15(20)17/h5-6,8,10,12H,7,9H2,1-4H3,(H2,17,18). The molecule has 1 aromatic heterocycles. The molecule has 0 bridgehead atoms. The number of likely N-dealkylation sites (N-methyl/N-ethyl adjacent to an activating group) is 1. The van der Waals surface area contributed by atoms with E-state index in [4.69, 9.17) is 5.73 Å². The number of rotatable bonds is 5. The Bertz CT molecular complexity index is 579. The van der Waals surface area contributed by atoms with Crippen molar-refractivity contribution in [3.63, 3.8) is 0 Å². The van der Waals surface area contributed by atoms with Gasteiger partial charge in [-0.2, -0.15) is 0 Å². The smallest absolute Gasteiger partial charge is 0.201 e. The molecule has 0 aliphatic heterocycles. The molecule has 4 nitrogen and oxygen atoms in total. The van der Waals surface area contributed by atoms with Crippen LogP contribution in [0.2, 0.25) is 0 Å². The van der Waals surface area contributed by atoms with Crippen LogP contribution in [0.3, 0.4) is 0 Å². The fourth-order valence-corrected chi connectivity index (χ4v) is 3.05. The summed E-state index contributed by atoms with van der Waals surface area (Å²) in [5.41, 5.74) is 8.23. The minimum atomic E-state index is 0.344. The average molecular weight is 339 g/mol. The lowest BCUT2D eigenvalue weighted by Crippen LogP contribution is -2.26. The van der Waals surface area contributed by atoms with E-state index in [1.54, 1.807) is 0 Å². The third-order valence-electron chi connectivity index (χ3n) is 3.36. The molecule has 0 aliphatic rings. The zero-order valence-electron chi connectivity index (χ0n) is 12.6. The molecule has 1 atom stereocenters. The average Bonchev–Trinajstić information content (AvgIpc) is 2.61. The van der Waals surface area contributed by atoms with E-state index in [1.807, 2.05) is 12.1 Å². The van der Waals surface area contributed by atoms with Gasteiger partial charge in [-0.3, -0.25) is 0 Å². The molecule has 2 N–H and O–H groups in total. The van der Waals surface area contributed by atoms with Gasteiger partial charge in [0, 0.05) is 11.0 Å². The lowest BCUT2D eigenvalue weighted by molar-refractivity contribution is 0.294. The Morgan fingerprint density at radius 2 is 2.05 bits per heavy atom. The second-order valence-corrected chi connectivity index (χ2v) is 6.93. The number of nitrogens with zero attached hydrogens (tertiary/aromatic N) is 3. The number of nitrogen functional groups attached to an aromatic ring is 1. The molecular weight excluding hydrogens is 316 g/mol. The Morgan fingerprint density at radius 1 is 1.35 bits per heavy atom. The Kier molecular flexibility index (Phi) is 4.70. The maximum atomic E-state index is 6.17. The molecule has 1 heterocycles. The zero-order valence-corrected chi connectivity index (χ0v) is 14.2. The summed E-state index contributed by atoms with van der Waals surface area (Å²) in [6, 6.07) is 6.49. The van der Waals surface area contributed by atoms with Gasteiger partial charge in [-0.15, -0.1) is 0 Å². The molecule has 0 spiro atoms. The van der Waals surface area contributed by atoms with Crippen LogP contribution in [-0.4, -0.2) is 35.1 Å². The van der Waals surface area contributed by atoms with Gasteiger partial charge < -0.3 is 15.2 Å². The van der Waals surface area contributed by atoms with E-state index in [-0.39, 0.29) is 0 Å². The van der Waals surface area contributed by atoms with Crippen molar-refractivity contribution in [2.24, 2.45) is 5.92 Å². The largest absolute Gasteiger partial charge is 0.369 e. The van der Waals surface area contributed by atoms with Crippen LogP contribution in [0.1, 0.15) is 26.3 Å². The van der Waals surface area contributed by atoms with E-state index in [0.29, 0.717) is 17.9 Å². The molecule has 5 heteroatoms. The van der Waals surface area contributed by atoms with Crippen molar-refractivity contribution in [2.45, 2.75) is 26.3 Å². The number of imidazole rings is 1. The second kappa shape index (κ2) is 6.14. The van der Waals surface area contributed by atoms with E-state index >= 15 is 0 Å². The van der Waals surface area contributed by atoms with Gasteiger partial charge >= 0.3 is 0 Å². The first-order chi connectivity index (χ1) is 9.38. The fraction of sp³-hybridized carbons (Fsp3) is 0.533. The summed E-state index contributed by atoms with van der Waals surface area (Å²) in [4.78, 5) is 6.71. The molecule has 2 rings (SSSR count). The summed E-state index contributed by atoms with van der Waals surface area (Å²) in [5, 5.41) is 0. The number of aromatic nitrogens is 2. The van der Waals surface area contributed by atoms with Crippen molar-refractivity contribution < 1.29 is 0 Å². The third-order valence-corrected chi connectivity index (χ3v) is 3.86. The maximum absolute atomic E-state index is 6.17. The molecule has 20 heavy (non-hydrogen) atoms. The molecule has 110 valence electrons. The number of anilines is 1. The van der Waals surface area contributed by atoms with E-state index in [2.05, 4.69) is 64.4 Å². The molecule has 0 saturated carbocycles. The Morgan fingerprint density at radius 3 is 2.65 bits per heavy atom. The van der Waals surface area contributed by atoms with Crippen LogP contribution in [0.4, 0.5) is 5.95 Å². The SMILES string of the molecule is CC(C)CC(CN(C)C)n1c(N)nc2cc(Br)ccc21. The second-order valence-electron chi connectivity index (χ2n) is 6.02. The first kappa shape index (κ1) is 15.3. The summed E-state index contributed by atoms with van der Waals surface area (Å²) < 4.78 is 3.21. The zero-order chi connectivity index (χ0) is 14.9. The van der Waals surface area contributed by atoms with Crippen LogP contribution in [0.15, 0.2) is 22.7 Å². The maximum Gasteiger partial charge on any atom is 0.201 e. The van der Waals surface area contributed by atoms with Gasteiger partial charge in [0.1, 0.15) is 0 Å². The van der Waals surface area contributed by atoms with Crippen LogP contribution < -0.4 is 5.73 Å². The Labute approximate surface area is 129 Å². The van der Waals surface area contributed by atoms with Gasteiger partial charge in [-0.25, -0.2) is 4.98 Å². The minimum absolute atomic E-state index is 0.344. The highest BCUT2D eigenvalue weighted by Gasteiger charge is 2.19. The minimum Gasteiger partial charge on any atom is -0.369 e. The summed E-state index contributed by atoms with van der Waals surface area (Å²) in [7, 11) is 4.19. The third kappa shape index (κ3) is 3.33. The summed E-state index contributed by atoms with van der Waals surface area (Å²) >= 11 is 3.49. The molecule has 0 radical (unpaired) electrons. The first-order valence-corrected chi connectivity index (χ1v) is 7.75. The highest BCUT2D eigenvalue weighted by Crippen LogP contribution is 2.29. The van der Waals surface area contributed by atoms with E-state index in [1.165, 1.54) is 0 Å². The highest BCUT2D eigenvalue weighted by molar-refractivity contribution is 9.10. The summed E-state index contributed by atoms with van der Waals surface area (Å²) in [5.74, 6) is 1.22. The van der Waals surface area contributed by atoms with Gasteiger partial charge in [0.15, 0.2) is 0 Å². The summed E-state index contributed by atoms with van der Waals surface area (Å²) in [6.07, 6.45) is 1.09. The van der Waals surface area contributed by atoms with Gasteiger partial charge in [-0.1, -0.05) is 29.8 Å². The van der Waals surface area contributed by atoms with E-state index < -0.39 is 0 Å². The van der Waals surface area contributed by atoms with Crippen LogP contribution in [0, 0.1) is 5.92 Å². The van der Waals surface area contributed by atoms with Gasteiger partial charge in [0.05, 0.1) is 17.1 Å².